The summed E-state index contributed by atoms with van der Waals surface area (Å²) in [4.78, 5) is 4.74. The number of aryl methyl sites for hydroxylation is 1. The van der Waals surface area contributed by atoms with Crippen LogP contribution in [0.3, 0.4) is 0 Å². The summed E-state index contributed by atoms with van der Waals surface area (Å²) in [6.07, 6.45) is 7.17. The van der Waals surface area contributed by atoms with Gasteiger partial charge in [0.15, 0.2) is 5.82 Å². The Hall–Kier alpha value is -1.88. The van der Waals surface area contributed by atoms with Crippen molar-refractivity contribution < 1.29 is 4.74 Å². The van der Waals surface area contributed by atoms with Crippen LogP contribution in [0.5, 0.6) is 5.75 Å². The molecule has 2 saturated carbocycles. The van der Waals surface area contributed by atoms with Crippen molar-refractivity contribution in [3.8, 4) is 5.75 Å². The van der Waals surface area contributed by atoms with Crippen LogP contribution in [-0.4, -0.2) is 20.4 Å². The van der Waals surface area contributed by atoms with Gasteiger partial charge in [0.2, 0.25) is 0 Å². The molecule has 2 fully saturated rings. The summed E-state index contributed by atoms with van der Waals surface area (Å²) in [5, 5.41) is 8.31. The van der Waals surface area contributed by atoms with Crippen molar-refractivity contribution in [2.75, 3.05) is 0 Å². The van der Waals surface area contributed by atoms with Crippen molar-refractivity contribution in [1.82, 2.24) is 20.1 Å². The second-order valence-corrected chi connectivity index (χ2v) is 7.60. The minimum Gasteiger partial charge on any atom is -0.487 e. The maximum absolute atomic E-state index is 6.33. The van der Waals surface area contributed by atoms with E-state index in [1.165, 1.54) is 37.7 Å². The fourth-order valence-corrected chi connectivity index (χ4v) is 4.00. The normalized spacial score (nSPS) is 24.3. The highest BCUT2D eigenvalue weighted by atomic mass is 16.5. The molecule has 0 radical (unpaired) electrons. The average molecular weight is 324 g/mol. The first kappa shape index (κ1) is 14.5. The molecule has 2 aliphatic carbocycles. The number of hydrogen-bond donors (Lipinski definition) is 1. The summed E-state index contributed by atoms with van der Waals surface area (Å²) >= 11 is 0. The minimum absolute atomic E-state index is 0.0606. The van der Waals surface area contributed by atoms with Gasteiger partial charge in [0.05, 0.1) is 6.54 Å². The lowest BCUT2D eigenvalue weighted by molar-refractivity contribution is -0.0371. The molecule has 126 valence electrons. The van der Waals surface area contributed by atoms with Gasteiger partial charge in [0.25, 0.3) is 0 Å². The molecule has 5 heteroatoms. The van der Waals surface area contributed by atoms with Crippen molar-refractivity contribution in [3.05, 3.63) is 41.5 Å². The van der Waals surface area contributed by atoms with Crippen LogP contribution in [0.25, 0.3) is 0 Å². The van der Waals surface area contributed by atoms with E-state index < -0.39 is 0 Å². The van der Waals surface area contributed by atoms with Crippen LogP contribution in [0.15, 0.2) is 24.3 Å². The highest BCUT2D eigenvalue weighted by molar-refractivity contribution is 5.39. The molecule has 5 nitrogen and oxygen atoms in total. The predicted octanol–water partition coefficient (Wildman–Crippen LogP) is 3.23. The molecular formula is C19H24N4O. The quantitative estimate of drug-likeness (QED) is 0.938. The Morgan fingerprint density at radius 3 is 2.88 bits per heavy atom. The largest absolute Gasteiger partial charge is 0.487 e. The molecule has 1 aromatic carbocycles. The van der Waals surface area contributed by atoms with E-state index in [0.29, 0.717) is 12.0 Å². The Balaban J connectivity index is 1.36. The molecule has 2 heterocycles. The first-order valence-electron chi connectivity index (χ1n) is 9.14. The molecule has 0 bridgehead atoms. The Morgan fingerprint density at radius 2 is 2.12 bits per heavy atom. The van der Waals surface area contributed by atoms with Crippen molar-refractivity contribution in [3.63, 3.8) is 0 Å². The third-order valence-corrected chi connectivity index (χ3v) is 5.78. The maximum atomic E-state index is 6.33. The Kier molecular flexibility index (Phi) is 3.20. The summed E-state index contributed by atoms with van der Waals surface area (Å²) in [7, 11) is 2.00. The molecule has 1 N–H and O–H groups in total. The molecule has 24 heavy (non-hydrogen) atoms. The lowest BCUT2D eigenvalue weighted by Crippen LogP contribution is -2.49. The smallest absolute Gasteiger partial charge is 0.154 e. The third-order valence-electron chi connectivity index (χ3n) is 5.78. The zero-order valence-electron chi connectivity index (χ0n) is 14.2. The minimum atomic E-state index is 0.0606. The fourth-order valence-electron chi connectivity index (χ4n) is 4.00. The lowest BCUT2D eigenvalue weighted by atomic mass is 9.73. The number of fused-ring (bicyclic) bond motifs is 1. The van der Waals surface area contributed by atoms with Crippen LogP contribution in [0.1, 0.15) is 67.7 Å². The predicted molar refractivity (Wildman–Crippen MR) is 90.8 cm³/mol. The average Bonchev–Trinajstić information content (AvgIpc) is 3.35. The second-order valence-electron chi connectivity index (χ2n) is 7.60. The van der Waals surface area contributed by atoms with Crippen LogP contribution < -0.4 is 10.1 Å². The van der Waals surface area contributed by atoms with Gasteiger partial charge in [-0.1, -0.05) is 18.2 Å². The highest BCUT2D eigenvalue weighted by Gasteiger charge is 2.45. The molecule has 1 aromatic heterocycles. The molecule has 2 aromatic rings. The molecule has 1 aliphatic heterocycles. The summed E-state index contributed by atoms with van der Waals surface area (Å²) < 4.78 is 8.27. The van der Waals surface area contributed by atoms with Crippen LogP contribution in [-0.2, 0) is 13.6 Å². The maximum Gasteiger partial charge on any atom is 0.154 e. The molecule has 3 aliphatic rings. The van der Waals surface area contributed by atoms with E-state index in [-0.39, 0.29) is 5.60 Å². The number of ether oxygens (including phenoxy) is 1. The van der Waals surface area contributed by atoms with Crippen LogP contribution in [0, 0.1) is 0 Å². The Morgan fingerprint density at radius 1 is 1.29 bits per heavy atom. The van der Waals surface area contributed by atoms with Gasteiger partial charge in [-0.3, -0.25) is 4.68 Å². The van der Waals surface area contributed by atoms with Crippen molar-refractivity contribution in [1.29, 1.82) is 0 Å². The van der Waals surface area contributed by atoms with Gasteiger partial charge in [-0.05, 0) is 38.2 Å². The molecule has 1 unspecified atom stereocenters. The van der Waals surface area contributed by atoms with Crippen LogP contribution in [0.4, 0.5) is 0 Å². The van der Waals surface area contributed by atoms with Crippen molar-refractivity contribution in [2.24, 2.45) is 7.05 Å². The monoisotopic (exact) mass is 324 g/mol. The van der Waals surface area contributed by atoms with Crippen LogP contribution >= 0.6 is 0 Å². The molecule has 1 atom stereocenters. The van der Waals surface area contributed by atoms with Gasteiger partial charge in [-0.15, -0.1) is 0 Å². The molecule has 0 amide bonds. The summed E-state index contributed by atoms with van der Waals surface area (Å²) in [6.45, 7) is 0.755. The summed E-state index contributed by atoms with van der Waals surface area (Å²) in [5.74, 6) is 3.71. The summed E-state index contributed by atoms with van der Waals surface area (Å²) in [5.41, 5.74) is 1.34. The fraction of sp³-hybridized carbons (Fsp3) is 0.579. The van der Waals surface area contributed by atoms with E-state index >= 15 is 0 Å². The zero-order chi connectivity index (χ0) is 16.1. The van der Waals surface area contributed by atoms with E-state index in [4.69, 9.17) is 9.72 Å². The number of aromatic nitrogens is 3. The van der Waals surface area contributed by atoms with Crippen molar-refractivity contribution >= 4 is 0 Å². The van der Waals surface area contributed by atoms with Gasteiger partial charge in [0, 0.05) is 31.0 Å². The van der Waals surface area contributed by atoms with Gasteiger partial charge in [-0.2, -0.15) is 5.10 Å². The lowest BCUT2D eigenvalue weighted by Gasteiger charge is -2.48. The molecule has 0 saturated heterocycles. The number of rotatable bonds is 4. The zero-order valence-corrected chi connectivity index (χ0v) is 14.2. The first-order valence-corrected chi connectivity index (χ1v) is 9.14. The second kappa shape index (κ2) is 5.31. The Bertz CT molecular complexity index is 760. The molecule has 5 rings (SSSR count). The number of nitrogens with one attached hydrogen (secondary N) is 1. The van der Waals surface area contributed by atoms with E-state index in [2.05, 4.69) is 34.7 Å². The van der Waals surface area contributed by atoms with Crippen molar-refractivity contribution in [2.45, 2.75) is 62.6 Å². The number of benzene rings is 1. The number of nitrogens with zero attached hydrogens (tertiary/aromatic N) is 3. The number of hydrogen-bond acceptors (Lipinski definition) is 4. The van der Waals surface area contributed by atoms with E-state index in [9.17, 15) is 0 Å². The Labute approximate surface area is 142 Å². The molecular weight excluding hydrogens is 300 g/mol. The van der Waals surface area contributed by atoms with Crippen LogP contribution in [0.2, 0.25) is 0 Å². The van der Waals surface area contributed by atoms with Gasteiger partial charge < -0.3 is 10.1 Å². The standard InChI is InChI=1S/C19H24N4O/c1-23-17(21-18(22-23)13-7-8-13)12-20-15-11-19(9-4-10-19)24-16-6-3-2-5-14(15)16/h2-3,5-6,13,15,20H,4,7-12H2,1H3. The number of para-hydroxylation sites is 1. The third kappa shape index (κ3) is 2.42. The summed E-state index contributed by atoms with van der Waals surface area (Å²) in [6, 6.07) is 8.79. The van der Waals surface area contributed by atoms with E-state index in [1.54, 1.807) is 0 Å². The van der Waals surface area contributed by atoms with E-state index in [1.807, 2.05) is 11.7 Å². The van der Waals surface area contributed by atoms with Gasteiger partial charge >= 0.3 is 0 Å². The van der Waals surface area contributed by atoms with Gasteiger partial charge in [0.1, 0.15) is 17.2 Å². The van der Waals surface area contributed by atoms with Gasteiger partial charge in [-0.25, -0.2) is 4.98 Å². The molecule has 1 spiro atoms. The highest BCUT2D eigenvalue weighted by Crippen LogP contribution is 2.48. The van der Waals surface area contributed by atoms with E-state index in [0.717, 1.165) is 30.4 Å². The SMILES string of the molecule is Cn1nc(C2CC2)nc1CNC1CC2(CCC2)Oc2ccccc21. The topological polar surface area (TPSA) is 52.0 Å². The first-order chi connectivity index (χ1) is 11.7.